The Hall–Kier alpha value is -1.79. The number of carbonyl (C=O) groups is 2. The van der Waals surface area contributed by atoms with E-state index in [-0.39, 0.29) is 18.8 Å². The summed E-state index contributed by atoms with van der Waals surface area (Å²) in [5, 5.41) is 11.8. The highest BCUT2D eigenvalue weighted by atomic mass is 32.2. The molecule has 0 aromatic heterocycles. The zero-order chi connectivity index (χ0) is 15.2. The van der Waals surface area contributed by atoms with E-state index < -0.39 is 11.8 Å². The van der Waals surface area contributed by atoms with Gasteiger partial charge >= 0.3 is 0 Å². The zero-order valence-electron chi connectivity index (χ0n) is 11.8. The predicted molar refractivity (Wildman–Crippen MR) is 83.0 cm³/mol. The number of rotatable bonds is 7. The molecule has 0 bridgehead atoms. The monoisotopic (exact) mass is 306 g/mol. The molecule has 0 fully saturated rings. The summed E-state index contributed by atoms with van der Waals surface area (Å²) in [6, 6.07) is 7.72. The Balaban J connectivity index is 2.00. The first kappa shape index (κ1) is 15.6. The molecule has 0 saturated carbocycles. The van der Waals surface area contributed by atoms with Crippen LogP contribution in [0.1, 0.15) is 13.3 Å². The van der Waals surface area contributed by atoms with Gasteiger partial charge in [-0.3, -0.25) is 14.5 Å². The molecule has 0 unspecified atom stereocenters. The van der Waals surface area contributed by atoms with Gasteiger partial charge in [0.15, 0.2) is 0 Å². The number of amides is 2. The summed E-state index contributed by atoms with van der Waals surface area (Å²) in [7, 11) is 0. The van der Waals surface area contributed by atoms with Crippen LogP contribution in [0.25, 0.3) is 0 Å². The fourth-order valence-electron chi connectivity index (χ4n) is 1.92. The highest BCUT2D eigenvalue weighted by Gasteiger charge is 2.30. The SMILES string of the molecule is CCCSc1ccc(NC2=CC(=O)N(CCO)C2=O)cc1. The fraction of sp³-hybridized carbons (Fsp3) is 0.333. The number of aliphatic hydroxyl groups excluding tert-OH is 1. The van der Waals surface area contributed by atoms with Gasteiger partial charge < -0.3 is 10.4 Å². The third-order valence-corrected chi connectivity index (χ3v) is 4.16. The number of β-amino-alcohol motifs (C(OH)–C–C–N with tert-alkyl or cyclic N) is 1. The Morgan fingerprint density at radius 3 is 2.57 bits per heavy atom. The molecule has 1 aliphatic rings. The standard InChI is InChI=1S/C15H18N2O3S/c1-2-9-21-12-5-3-11(4-6-12)16-13-10-14(19)17(7-8-18)15(13)20/h3-6,10,16,18H,2,7-9H2,1H3. The first-order chi connectivity index (χ1) is 10.2. The molecular formula is C15H18N2O3S. The maximum Gasteiger partial charge on any atom is 0.277 e. The van der Waals surface area contributed by atoms with E-state index in [4.69, 9.17) is 5.11 Å². The van der Waals surface area contributed by atoms with E-state index in [1.54, 1.807) is 11.8 Å². The molecule has 2 amide bonds. The molecule has 0 spiro atoms. The number of thioether (sulfide) groups is 1. The van der Waals surface area contributed by atoms with E-state index >= 15 is 0 Å². The summed E-state index contributed by atoms with van der Waals surface area (Å²) in [5.41, 5.74) is 0.997. The van der Waals surface area contributed by atoms with Crippen LogP contribution in [0, 0.1) is 0 Å². The number of anilines is 1. The third kappa shape index (κ3) is 3.86. The van der Waals surface area contributed by atoms with Gasteiger partial charge in [-0.05, 0) is 36.4 Å². The van der Waals surface area contributed by atoms with Crippen LogP contribution in [0.3, 0.4) is 0 Å². The number of nitrogens with one attached hydrogen (secondary N) is 1. The van der Waals surface area contributed by atoms with E-state index in [0.29, 0.717) is 0 Å². The number of benzene rings is 1. The molecule has 0 aliphatic carbocycles. The normalized spacial score (nSPS) is 14.6. The lowest BCUT2D eigenvalue weighted by Gasteiger charge is -2.13. The first-order valence-electron chi connectivity index (χ1n) is 6.84. The van der Waals surface area contributed by atoms with Crippen LogP contribution in [0.5, 0.6) is 0 Å². The van der Waals surface area contributed by atoms with Crippen molar-refractivity contribution in [3.05, 3.63) is 36.0 Å². The van der Waals surface area contributed by atoms with Gasteiger partial charge in [-0.25, -0.2) is 0 Å². The summed E-state index contributed by atoms with van der Waals surface area (Å²) in [4.78, 5) is 25.8. The van der Waals surface area contributed by atoms with E-state index in [9.17, 15) is 9.59 Å². The summed E-state index contributed by atoms with van der Waals surface area (Å²) < 4.78 is 0. The van der Waals surface area contributed by atoms with E-state index in [1.165, 1.54) is 11.0 Å². The number of nitrogens with zero attached hydrogens (tertiary/aromatic N) is 1. The molecule has 0 atom stereocenters. The van der Waals surface area contributed by atoms with Gasteiger partial charge in [-0.15, -0.1) is 11.8 Å². The minimum Gasteiger partial charge on any atom is -0.395 e. The number of hydrogen-bond donors (Lipinski definition) is 2. The average molecular weight is 306 g/mol. The maximum absolute atomic E-state index is 12.0. The van der Waals surface area contributed by atoms with Crippen LogP contribution in [-0.4, -0.2) is 40.7 Å². The van der Waals surface area contributed by atoms with Gasteiger partial charge in [0.2, 0.25) is 0 Å². The van der Waals surface area contributed by atoms with Gasteiger partial charge in [0.25, 0.3) is 11.8 Å². The topological polar surface area (TPSA) is 69.6 Å². The largest absolute Gasteiger partial charge is 0.395 e. The number of aliphatic hydroxyl groups is 1. The van der Waals surface area contributed by atoms with E-state index in [2.05, 4.69) is 12.2 Å². The van der Waals surface area contributed by atoms with Crippen molar-refractivity contribution in [1.82, 2.24) is 4.90 Å². The summed E-state index contributed by atoms with van der Waals surface area (Å²) >= 11 is 1.78. The molecule has 6 heteroatoms. The molecule has 5 nitrogen and oxygen atoms in total. The van der Waals surface area contributed by atoms with Crippen LogP contribution in [0.4, 0.5) is 5.69 Å². The van der Waals surface area contributed by atoms with Crippen molar-refractivity contribution in [3.63, 3.8) is 0 Å². The van der Waals surface area contributed by atoms with Gasteiger partial charge in [0.05, 0.1) is 13.2 Å². The smallest absolute Gasteiger partial charge is 0.277 e. The van der Waals surface area contributed by atoms with Crippen LogP contribution in [-0.2, 0) is 9.59 Å². The van der Waals surface area contributed by atoms with Crippen LogP contribution < -0.4 is 5.32 Å². The van der Waals surface area contributed by atoms with Crippen LogP contribution in [0.2, 0.25) is 0 Å². The Bertz CT molecular complexity index is 555. The maximum atomic E-state index is 12.0. The van der Waals surface area contributed by atoms with Gasteiger partial charge in [-0.1, -0.05) is 6.92 Å². The van der Waals surface area contributed by atoms with Crippen molar-refractivity contribution < 1.29 is 14.7 Å². The molecule has 1 heterocycles. The van der Waals surface area contributed by atoms with E-state index in [1.807, 2.05) is 24.3 Å². The van der Waals surface area contributed by atoms with Gasteiger partial charge in [0, 0.05) is 16.7 Å². The first-order valence-corrected chi connectivity index (χ1v) is 7.82. The predicted octanol–water partition coefficient (Wildman–Crippen LogP) is 1.85. The number of hydrogen-bond acceptors (Lipinski definition) is 5. The lowest BCUT2D eigenvalue weighted by molar-refractivity contribution is -0.137. The molecule has 0 radical (unpaired) electrons. The Kier molecular flexibility index (Phi) is 5.41. The van der Waals surface area contributed by atoms with Crippen molar-refractivity contribution >= 4 is 29.3 Å². The zero-order valence-corrected chi connectivity index (χ0v) is 12.7. The average Bonchev–Trinajstić information content (AvgIpc) is 2.75. The van der Waals surface area contributed by atoms with E-state index in [0.717, 1.165) is 22.8 Å². The highest BCUT2D eigenvalue weighted by Crippen LogP contribution is 2.22. The quantitative estimate of drug-likeness (QED) is 0.594. The van der Waals surface area contributed by atoms with Crippen molar-refractivity contribution in [1.29, 1.82) is 0 Å². The second kappa shape index (κ2) is 7.28. The molecule has 0 saturated heterocycles. The second-order valence-electron chi connectivity index (χ2n) is 4.57. The van der Waals surface area contributed by atoms with Crippen LogP contribution in [0.15, 0.2) is 40.9 Å². The van der Waals surface area contributed by atoms with Crippen molar-refractivity contribution in [3.8, 4) is 0 Å². The molecule has 112 valence electrons. The minimum absolute atomic E-state index is 0.0198. The molecule has 1 aromatic carbocycles. The molecular weight excluding hydrogens is 288 g/mol. The summed E-state index contributed by atoms with van der Waals surface area (Å²) in [5.74, 6) is 0.270. The van der Waals surface area contributed by atoms with Crippen molar-refractivity contribution in [2.45, 2.75) is 18.2 Å². The van der Waals surface area contributed by atoms with Gasteiger partial charge in [-0.2, -0.15) is 0 Å². The van der Waals surface area contributed by atoms with Gasteiger partial charge in [0.1, 0.15) is 5.70 Å². The highest BCUT2D eigenvalue weighted by molar-refractivity contribution is 7.99. The molecule has 2 rings (SSSR count). The van der Waals surface area contributed by atoms with Crippen molar-refractivity contribution in [2.24, 2.45) is 0 Å². The Labute approximate surface area is 128 Å². The Morgan fingerprint density at radius 2 is 1.95 bits per heavy atom. The lowest BCUT2D eigenvalue weighted by atomic mass is 10.3. The van der Waals surface area contributed by atoms with Crippen LogP contribution >= 0.6 is 11.8 Å². The second-order valence-corrected chi connectivity index (χ2v) is 5.74. The number of carbonyl (C=O) groups excluding carboxylic acids is 2. The molecule has 1 aliphatic heterocycles. The van der Waals surface area contributed by atoms with Crippen molar-refractivity contribution in [2.75, 3.05) is 24.2 Å². The molecule has 2 N–H and O–H groups in total. The third-order valence-electron chi connectivity index (χ3n) is 2.94. The lowest BCUT2D eigenvalue weighted by Crippen LogP contribution is -2.34. The summed E-state index contributed by atoms with van der Waals surface area (Å²) in [6.07, 6.45) is 2.38. The fourth-order valence-corrected chi connectivity index (χ4v) is 2.69. The number of imide groups is 1. The minimum atomic E-state index is -0.404. The molecule has 21 heavy (non-hydrogen) atoms. The summed E-state index contributed by atoms with van der Waals surface area (Å²) in [6.45, 7) is 1.92. The Morgan fingerprint density at radius 1 is 1.24 bits per heavy atom. The molecule has 1 aromatic rings.